The molecule has 0 unspecified atom stereocenters. The molecule has 0 saturated carbocycles. The predicted molar refractivity (Wildman–Crippen MR) is 115 cm³/mol. The van der Waals surface area contributed by atoms with Crippen LogP contribution in [0.3, 0.4) is 0 Å². The third-order valence-corrected chi connectivity index (χ3v) is 6.04. The molecule has 0 bridgehead atoms. The highest BCUT2D eigenvalue weighted by Crippen LogP contribution is 2.29. The van der Waals surface area contributed by atoms with E-state index in [9.17, 15) is 4.79 Å². The molecule has 5 heteroatoms. The van der Waals surface area contributed by atoms with Gasteiger partial charge in [0, 0.05) is 24.2 Å². The van der Waals surface area contributed by atoms with E-state index in [1.165, 1.54) is 17.3 Å². The Morgan fingerprint density at radius 1 is 0.966 bits per heavy atom. The Bertz CT molecular complexity index is 926. The van der Waals surface area contributed by atoms with Gasteiger partial charge >= 0.3 is 0 Å². The van der Waals surface area contributed by atoms with Crippen molar-refractivity contribution in [2.75, 3.05) is 13.1 Å². The average molecular weight is 405 g/mol. The van der Waals surface area contributed by atoms with Crippen LogP contribution in [0.25, 0.3) is 0 Å². The number of carbonyl (C=O) groups excluding carboxylic acids is 1. The maximum atomic E-state index is 13.1. The van der Waals surface area contributed by atoms with E-state index in [1.54, 1.807) is 6.20 Å². The molecule has 2 aromatic carbocycles. The number of nitrogens with zero attached hydrogens (tertiary/aromatic N) is 2. The minimum absolute atomic E-state index is 0.0537. The van der Waals surface area contributed by atoms with Crippen LogP contribution >= 0.6 is 11.8 Å². The van der Waals surface area contributed by atoms with Crippen molar-refractivity contribution in [1.82, 2.24) is 9.88 Å². The van der Waals surface area contributed by atoms with Crippen molar-refractivity contribution in [3.05, 3.63) is 90.1 Å². The predicted octanol–water partition coefficient (Wildman–Crippen LogP) is 5.05. The minimum Gasteiger partial charge on any atom is -0.373 e. The summed E-state index contributed by atoms with van der Waals surface area (Å²) in [6, 6.07) is 24.0. The van der Waals surface area contributed by atoms with E-state index in [0.29, 0.717) is 25.3 Å². The normalized spacial score (nSPS) is 14.7. The summed E-state index contributed by atoms with van der Waals surface area (Å²) in [6.45, 7) is 2.05. The van der Waals surface area contributed by atoms with E-state index < -0.39 is 0 Å². The second-order valence-electron chi connectivity index (χ2n) is 7.06. The number of benzene rings is 2. The van der Waals surface area contributed by atoms with Gasteiger partial charge in [0.25, 0.3) is 5.91 Å². The Labute approximate surface area is 175 Å². The van der Waals surface area contributed by atoms with Gasteiger partial charge in [0.05, 0.1) is 18.3 Å². The van der Waals surface area contributed by atoms with Gasteiger partial charge in [-0.05, 0) is 42.7 Å². The molecule has 1 amide bonds. The summed E-state index contributed by atoms with van der Waals surface area (Å²) in [6.07, 6.45) is 3.66. The SMILES string of the molecule is O=C(c1cccnc1Sc1ccccc1)N1CCC(OCc2ccccc2)CC1. The van der Waals surface area contributed by atoms with Crippen LogP contribution in [-0.4, -0.2) is 35.0 Å². The lowest BCUT2D eigenvalue weighted by atomic mass is 10.1. The van der Waals surface area contributed by atoms with Crippen LogP contribution in [0.15, 0.2) is 88.9 Å². The van der Waals surface area contributed by atoms with Crippen molar-refractivity contribution >= 4 is 17.7 Å². The number of likely N-dealkylation sites (tertiary alicyclic amines) is 1. The smallest absolute Gasteiger partial charge is 0.256 e. The second kappa shape index (κ2) is 9.72. The summed E-state index contributed by atoms with van der Waals surface area (Å²) in [5.41, 5.74) is 1.86. The van der Waals surface area contributed by atoms with E-state index in [1.807, 2.05) is 65.6 Å². The summed E-state index contributed by atoms with van der Waals surface area (Å²) in [5, 5.41) is 0.756. The Morgan fingerprint density at radius 2 is 1.66 bits per heavy atom. The number of rotatable bonds is 6. The Balaban J connectivity index is 1.35. The molecule has 3 aromatic rings. The maximum absolute atomic E-state index is 13.1. The molecule has 148 valence electrons. The lowest BCUT2D eigenvalue weighted by molar-refractivity contribution is -0.000472. The molecular formula is C24H24N2O2S. The molecule has 1 saturated heterocycles. The van der Waals surface area contributed by atoms with Crippen molar-refractivity contribution < 1.29 is 9.53 Å². The van der Waals surface area contributed by atoms with E-state index in [-0.39, 0.29) is 12.0 Å². The maximum Gasteiger partial charge on any atom is 0.256 e. The second-order valence-corrected chi connectivity index (χ2v) is 8.12. The first-order chi connectivity index (χ1) is 14.3. The van der Waals surface area contributed by atoms with Crippen LogP contribution in [0.1, 0.15) is 28.8 Å². The molecule has 29 heavy (non-hydrogen) atoms. The monoisotopic (exact) mass is 404 g/mol. The summed E-state index contributed by atoms with van der Waals surface area (Å²) in [5.74, 6) is 0.0537. The van der Waals surface area contributed by atoms with Gasteiger partial charge in [-0.2, -0.15) is 0 Å². The Kier molecular flexibility index (Phi) is 6.60. The number of hydrogen-bond acceptors (Lipinski definition) is 4. The highest BCUT2D eigenvalue weighted by atomic mass is 32.2. The standard InChI is InChI=1S/C24H24N2O2S/c27-24(22-12-7-15-25-23(22)29-21-10-5-2-6-11-21)26-16-13-20(14-17-26)28-18-19-8-3-1-4-9-19/h1-12,15,20H,13-14,16-18H2. The number of ether oxygens (including phenoxy) is 1. The third-order valence-electron chi connectivity index (χ3n) is 5.02. The van der Waals surface area contributed by atoms with E-state index in [4.69, 9.17) is 4.74 Å². The van der Waals surface area contributed by atoms with Crippen molar-refractivity contribution in [1.29, 1.82) is 0 Å². The fourth-order valence-corrected chi connectivity index (χ4v) is 4.31. The summed E-state index contributed by atoms with van der Waals surface area (Å²) in [4.78, 5) is 20.6. The zero-order chi connectivity index (χ0) is 19.9. The van der Waals surface area contributed by atoms with Gasteiger partial charge in [0.15, 0.2) is 0 Å². The molecule has 0 spiro atoms. The molecule has 4 nitrogen and oxygen atoms in total. The molecule has 1 fully saturated rings. The highest BCUT2D eigenvalue weighted by molar-refractivity contribution is 7.99. The van der Waals surface area contributed by atoms with Gasteiger partial charge in [-0.3, -0.25) is 4.79 Å². The van der Waals surface area contributed by atoms with Crippen LogP contribution in [0, 0.1) is 0 Å². The van der Waals surface area contributed by atoms with Gasteiger partial charge in [-0.25, -0.2) is 4.98 Å². The van der Waals surface area contributed by atoms with Crippen LogP contribution in [0.4, 0.5) is 0 Å². The fraction of sp³-hybridized carbons (Fsp3) is 0.250. The van der Waals surface area contributed by atoms with Crippen LogP contribution in [-0.2, 0) is 11.3 Å². The number of amides is 1. The fourth-order valence-electron chi connectivity index (χ4n) is 3.42. The number of pyridine rings is 1. The third kappa shape index (κ3) is 5.25. The average Bonchev–Trinajstić information content (AvgIpc) is 2.79. The van der Waals surface area contributed by atoms with Crippen LogP contribution in [0.2, 0.25) is 0 Å². The number of piperidine rings is 1. The van der Waals surface area contributed by atoms with Crippen molar-refractivity contribution in [3.63, 3.8) is 0 Å². The topological polar surface area (TPSA) is 42.4 Å². The van der Waals surface area contributed by atoms with Gasteiger partial charge < -0.3 is 9.64 Å². The summed E-state index contributed by atoms with van der Waals surface area (Å²) in [7, 11) is 0. The largest absolute Gasteiger partial charge is 0.373 e. The van der Waals surface area contributed by atoms with E-state index in [2.05, 4.69) is 17.1 Å². The Morgan fingerprint density at radius 3 is 2.38 bits per heavy atom. The van der Waals surface area contributed by atoms with Crippen molar-refractivity contribution in [2.45, 2.75) is 35.5 Å². The van der Waals surface area contributed by atoms with Crippen LogP contribution in [0.5, 0.6) is 0 Å². The van der Waals surface area contributed by atoms with Gasteiger partial charge in [0.1, 0.15) is 5.03 Å². The minimum atomic E-state index is 0.0537. The van der Waals surface area contributed by atoms with E-state index in [0.717, 1.165) is 22.8 Å². The zero-order valence-corrected chi connectivity index (χ0v) is 17.1. The summed E-state index contributed by atoms with van der Waals surface area (Å²) >= 11 is 1.53. The molecule has 0 N–H and O–H groups in total. The molecular weight excluding hydrogens is 380 g/mol. The molecule has 0 aliphatic carbocycles. The van der Waals surface area contributed by atoms with E-state index >= 15 is 0 Å². The van der Waals surface area contributed by atoms with Gasteiger partial charge in [-0.15, -0.1) is 0 Å². The van der Waals surface area contributed by atoms with Crippen molar-refractivity contribution in [2.24, 2.45) is 0 Å². The molecule has 1 aliphatic heterocycles. The first-order valence-electron chi connectivity index (χ1n) is 9.92. The molecule has 1 aromatic heterocycles. The summed E-state index contributed by atoms with van der Waals surface area (Å²) < 4.78 is 6.05. The first-order valence-corrected chi connectivity index (χ1v) is 10.7. The zero-order valence-electron chi connectivity index (χ0n) is 16.2. The lowest BCUT2D eigenvalue weighted by Gasteiger charge is -2.32. The van der Waals surface area contributed by atoms with Crippen LogP contribution < -0.4 is 0 Å². The molecule has 0 radical (unpaired) electrons. The highest BCUT2D eigenvalue weighted by Gasteiger charge is 2.26. The van der Waals surface area contributed by atoms with Gasteiger partial charge in [0.2, 0.25) is 0 Å². The quantitative estimate of drug-likeness (QED) is 0.576. The van der Waals surface area contributed by atoms with Crippen molar-refractivity contribution in [3.8, 4) is 0 Å². The number of aromatic nitrogens is 1. The number of hydrogen-bond donors (Lipinski definition) is 0. The molecule has 1 aliphatic rings. The van der Waals surface area contributed by atoms with Gasteiger partial charge in [-0.1, -0.05) is 60.3 Å². The molecule has 2 heterocycles. The molecule has 4 rings (SSSR count). The lowest BCUT2D eigenvalue weighted by Crippen LogP contribution is -2.41. The molecule has 0 atom stereocenters. The number of carbonyl (C=O) groups is 1. The Hall–Kier alpha value is -2.63. The first kappa shape index (κ1) is 19.7.